The first-order chi connectivity index (χ1) is 12.1. The number of imide groups is 1. The van der Waals surface area contributed by atoms with Crippen molar-refractivity contribution in [1.29, 1.82) is 0 Å². The van der Waals surface area contributed by atoms with Crippen molar-refractivity contribution in [1.82, 2.24) is 15.2 Å². The smallest absolute Gasteiger partial charge is 0.325 e. The molecule has 5 nitrogen and oxygen atoms in total. The van der Waals surface area contributed by atoms with Crippen LogP contribution in [0.3, 0.4) is 0 Å². The summed E-state index contributed by atoms with van der Waals surface area (Å²) < 4.78 is 0. The van der Waals surface area contributed by atoms with Gasteiger partial charge in [-0.25, -0.2) is 4.79 Å². The third-order valence-electron chi connectivity index (χ3n) is 4.46. The van der Waals surface area contributed by atoms with E-state index in [1.165, 1.54) is 4.90 Å². The average molecular weight is 370 g/mol. The Morgan fingerprint density at radius 1 is 1.04 bits per heavy atom. The molecule has 0 saturated carbocycles. The van der Waals surface area contributed by atoms with Gasteiger partial charge >= 0.3 is 6.03 Å². The first-order valence-corrected chi connectivity index (χ1v) is 8.41. The predicted octanol–water partition coefficient (Wildman–Crippen LogP) is 4.12. The summed E-state index contributed by atoms with van der Waals surface area (Å²) in [6.07, 6.45) is 2.27. The highest BCUT2D eigenvalue weighted by Gasteiger charge is 2.38. The lowest BCUT2D eigenvalue weighted by Gasteiger charge is -2.13. The van der Waals surface area contributed by atoms with E-state index >= 15 is 0 Å². The molecule has 0 aliphatic carbocycles. The van der Waals surface area contributed by atoms with Gasteiger partial charge in [-0.1, -0.05) is 61.5 Å². The quantitative estimate of drug-likeness (QED) is 0.679. The molecule has 0 radical (unpaired) electrons. The van der Waals surface area contributed by atoms with Crippen LogP contribution in [0.2, 0.25) is 5.02 Å². The summed E-state index contributed by atoms with van der Waals surface area (Å²) >= 11 is 6.18. The number of aromatic nitrogens is 1. The molecule has 0 spiro atoms. The van der Waals surface area contributed by atoms with E-state index < -0.39 is 6.04 Å². The van der Waals surface area contributed by atoms with Crippen molar-refractivity contribution in [3.63, 3.8) is 0 Å². The van der Waals surface area contributed by atoms with Gasteiger partial charge in [-0.05, 0) is 17.2 Å². The van der Waals surface area contributed by atoms with Crippen LogP contribution in [-0.4, -0.2) is 27.9 Å². The Morgan fingerprint density at radius 3 is 2.58 bits per heavy atom. The zero-order valence-electron chi connectivity index (χ0n) is 13.3. The maximum absolute atomic E-state index is 12.7. The molecule has 2 aromatic carbocycles. The first-order valence-electron chi connectivity index (χ1n) is 8.04. The van der Waals surface area contributed by atoms with Crippen LogP contribution < -0.4 is 5.32 Å². The van der Waals surface area contributed by atoms with Gasteiger partial charge in [-0.3, -0.25) is 9.69 Å². The van der Waals surface area contributed by atoms with E-state index in [1.54, 1.807) is 0 Å². The van der Waals surface area contributed by atoms with Gasteiger partial charge in [0.15, 0.2) is 0 Å². The molecule has 3 aromatic rings. The van der Waals surface area contributed by atoms with E-state index in [-0.39, 0.29) is 25.9 Å². The molecule has 134 valence electrons. The molecule has 26 heavy (non-hydrogen) atoms. The Balaban J connectivity index is 0.00000196. The number of hydrogen-bond donors (Lipinski definition) is 2. The maximum Gasteiger partial charge on any atom is 0.325 e. The number of benzene rings is 2. The highest BCUT2D eigenvalue weighted by Crippen LogP contribution is 2.27. The number of rotatable bonds is 4. The largest absolute Gasteiger partial charge is 0.360 e. The molecular formula is C20H20ClN3O2. The van der Waals surface area contributed by atoms with Crippen LogP contribution in [0.1, 0.15) is 18.6 Å². The Kier molecular flexibility index (Phi) is 5.00. The molecule has 1 aromatic heterocycles. The maximum atomic E-state index is 12.7. The number of nitrogens with one attached hydrogen (secondary N) is 2. The van der Waals surface area contributed by atoms with E-state index in [4.69, 9.17) is 11.6 Å². The molecular weight excluding hydrogens is 350 g/mol. The van der Waals surface area contributed by atoms with Gasteiger partial charge < -0.3 is 10.3 Å². The highest BCUT2D eigenvalue weighted by atomic mass is 35.5. The SMILES string of the molecule is C.O=C1N[C@H](Cc2c[nH]c3c(Cl)cccc23)C(=O)N1Cc1ccccc1. The summed E-state index contributed by atoms with van der Waals surface area (Å²) in [5.41, 5.74) is 2.72. The van der Waals surface area contributed by atoms with Crippen molar-refractivity contribution in [2.24, 2.45) is 0 Å². The summed E-state index contributed by atoms with van der Waals surface area (Å²) in [6, 6.07) is 14.2. The Morgan fingerprint density at radius 2 is 1.81 bits per heavy atom. The number of amides is 3. The minimum Gasteiger partial charge on any atom is -0.360 e. The lowest BCUT2D eigenvalue weighted by molar-refractivity contribution is -0.127. The van der Waals surface area contributed by atoms with Crippen LogP contribution in [0.15, 0.2) is 54.7 Å². The van der Waals surface area contributed by atoms with Gasteiger partial charge in [-0.15, -0.1) is 0 Å². The zero-order valence-corrected chi connectivity index (χ0v) is 14.1. The molecule has 1 atom stereocenters. The molecule has 1 aliphatic rings. The number of aromatic amines is 1. The Labute approximate surface area is 157 Å². The molecule has 1 saturated heterocycles. The van der Waals surface area contributed by atoms with E-state index in [9.17, 15) is 9.59 Å². The minimum atomic E-state index is -0.561. The van der Waals surface area contributed by atoms with Gasteiger partial charge in [-0.2, -0.15) is 0 Å². The average Bonchev–Trinajstić information content (AvgIpc) is 3.14. The van der Waals surface area contributed by atoms with Crippen LogP contribution in [0.5, 0.6) is 0 Å². The second kappa shape index (κ2) is 7.22. The monoisotopic (exact) mass is 369 g/mol. The minimum absolute atomic E-state index is 0. The molecule has 0 bridgehead atoms. The van der Waals surface area contributed by atoms with Crippen molar-refractivity contribution in [3.05, 3.63) is 70.9 Å². The topological polar surface area (TPSA) is 65.2 Å². The molecule has 2 heterocycles. The third-order valence-corrected chi connectivity index (χ3v) is 4.78. The standard InChI is InChI=1S/C19H16ClN3O2.CH4/c20-15-8-4-7-14-13(10-21-17(14)15)9-16-18(24)23(19(25)22-16)11-12-5-2-1-3-6-12;/h1-8,10,16,21H,9,11H2,(H,22,25);1H4/t16-;/m1./s1. The molecule has 6 heteroatoms. The van der Waals surface area contributed by atoms with Crippen LogP contribution in [0.4, 0.5) is 4.79 Å². The normalized spacial score (nSPS) is 16.7. The highest BCUT2D eigenvalue weighted by molar-refractivity contribution is 6.35. The number of carbonyl (C=O) groups excluding carboxylic acids is 2. The first kappa shape index (κ1) is 18.0. The number of fused-ring (bicyclic) bond motifs is 1. The van der Waals surface area contributed by atoms with Crippen molar-refractivity contribution in [2.75, 3.05) is 0 Å². The third kappa shape index (κ3) is 3.18. The number of carbonyl (C=O) groups is 2. The molecule has 3 amide bonds. The van der Waals surface area contributed by atoms with Crippen LogP contribution in [0.25, 0.3) is 10.9 Å². The van der Waals surface area contributed by atoms with Crippen LogP contribution in [-0.2, 0) is 17.8 Å². The molecule has 0 unspecified atom stereocenters. The van der Waals surface area contributed by atoms with E-state index in [0.717, 1.165) is 22.0 Å². The fourth-order valence-electron chi connectivity index (χ4n) is 3.20. The van der Waals surface area contributed by atoms with E-state index in [1.807, 2.05) is 54.7 Å². The summed E-state index contributed by atoms with van der Waals surface area (Å²) in [7, 11) is 0. The number of para-hydroxylation sites is 1. The van der Waals surface area contributed by atoms with Gasteiger partial charge in [0.1, 0.15) is 6.04 Å². The van der Waals surface area contributed by atoms with Gasteiger partial charge in [0.25, 0.3) is 5.91 Å². The lowest BCUT2D eigenvalue weighted by Crippen LogP contribution is -2.32. The van der Waals surface area contributed by atoms with Crippen molar-refractivity contribution in [2.45, 2.75) is 26.4 Å². The Bertz CT molecular complexity index is 952. The summed E-state index contributed by atoms with van der Waals surface area (Å²) in [5.74, 6) is -0.203. The zero-order chi connectivity index (χ0) is 17.4. The number of halogens is 1. The second-order valence-corrected chi connectivity index (χ2v) is 6.50. The summed E-state index contributed by atoms with van der Waals surface area (Å²) in [5, 5.41) is 4.39. The fraction of sp³-hybridized carbons (Fsp3) is 0.200. The summed E-state index contributed by atoms with van der Waals surface area (Å²) in [6.45, 7) is 0.279. The van der Waals surface area contributed by atoms with E-state index in [0.29, 0.717) is 11.4 Å². The van der Waals surface area contributed by atoms with E-state index in [2.05, 4.69) is 10.3 Å². The number of nitrogens with zero attached hydrogens (tertiary/aromatic N) is 1. The number of H-pyrrole nitrogens is 1. The Hall–Kier alpha value is -2.79. The molecule has 1 aliphatic heterocycles. The van der Waals surface area contributed by atoms with Gasteiger partial charge in [0.2, 0.25) is 0 Å². The molecule has 2 N–H and O–H groups in total. The number of urea groups is 1. The molecule has 1 fully saturated rings. The second-order valence-electron chi connectivity index (χ2n) is 6.09. The number of hydrogen-bond acceptors (Lipinski definition) is 2. The van der Waals surface area contributed by atoms with Gasteiger partial charge in [0.05, 0.1) is 17.1 Å². The summed E-state index contributed by atoms with van der Waals surface area (Å²) in [4.78, 5) is 29.3. The molecule has 4 rings (SSSR count). The predicted molar refractivity (Wildman–Crippen MR) is 103 cm³/mol. The van der Waals surface area contributed by atoms with Crippen LogP contribution in [0, 0.1) is 0 Å². The van der Waals surface area contributed by atoms with Crippen LogP contribution >= 0.6 is 11.6 Å². The fourth-order valence-corrected chi connectivity index (χ4v) is 3.42. The van der Waals surface area contributed by atoms with Gasteiger partial charge in [0, 0.05) is 18.0 Å². The van der Waals surface area contributed by atoms with Crippen molar-refractivity contribution in [3.8, 4) is 0 Å². The van der Waals surface area contributed by atoms with Crippen molar-refractivity contribution >= 4 is 34.4 Å². The van der Waals surface area contributed by atoms with Crippen molar-refractivity contribution < 1.29 is 9.59 Å². The lowest BCUT2D eigenvalue weighted by atomic mass is 10.0.